The van der Waals surface area contributed by atoms with Crippen molar-refractivity contribution in [1.29, 1.82) is 0 Å². The Balaban J connectivity index is 1.61. The first-order valence-electron chi connectivity index (χ1n) is 6.96. The molecule has 4 saturated heterocycles. The van der Waals surface area contributed by atoms with E-state index in [1.165, 1.54) is 25.9 Å². The lowest BCUT2D eigenvalue weighted by Crippen LogP contribution is -2.61. The molecular formula is C13H23N3O. The Morgan fingerprint density at radius 2 is 2.18 bits per heavy atom. The van der Waals surface area contributed by atoms with Crippen LogP contribution in [0.2, 0.25) is 0 Å². The molecule has 0 spiro atoms. The fraction of sp³-hybridized carbons (Fsp3) is 0.923. The first-order valence-corrected chi connectivity index (χ1v) is 6.96. The SMILES string of the molecule is CC1(C(=O)NC2CN3CCC2CC3)CCCN1. The first kappa shape index (κ1) is 11.5. The molecule has 2 bridgehead atoms. The van der Waals surface area contributed by atoms with Gasteiger partial charge >= 0.3 is 0 Å². The third-order valence-electron chi connectivity index (χ3n) is 4.84. The second kappa shape index (κ2) is 4.25. The van der Waals surface area contributed by atoms with E-state index < -0.39 is 0 Å². The van der Waals surface area contributed by atoms with Crippen molar-refractivity contribution in [2.75, 3.05) is 26.2 Å². The van der Waals surface area contributed by atoms with Crippen LogP contribution in [0.25, 0.3) is 0 Å². The summed E-state index contributed by atoms with van der Waals surface area (Å²) in [6.45, 7) is 6.53. The molecule has 0 aliphatic carbocycles. The van der Waals surface area contributed by atoms with Crippen molar-refractivity contribution in [3.8, 4) is 0 Å². The van der Waals surface area contributed by atoms with Crippen LogP contribution < -0.4 is 10.6 Å². The zero-order valence-corrected chi connectivity index (χ0v) is 10.7. The van der Waals surface area contributed by atoms with Gasteiger partial charge < -0.3 is 15.5 Å². The quantitative estimate of drug-likeness (QED) is 0.728. The standard InChI is InChI=1S/C13H23N3O/c1-13(5-2-6-14-13)12(17)15-11-9-16-7-3-10(11)4-8-16/h10-11,14H,2-9H2,1H3,(H,15,17). The van der Waals surface area contributed by atoms with E-state index in [4.69, 9.17) is 0 Å². The van der Waals surface area contributed by atoms with Crippen molar-refractivity contribution in [3.63, 3.8) is 0 Å². The highest BCUT2D eigenvalue weighted by Crippen LogP contribution is 2.28. The van der Waals surface area contributed by atoms with Crippen molar-refractivity contribution in [3.05, 3.63) is 0 Å². The molecule has 4 rings (SSSR count). The van der Waals surface area contributed by atoms with Crippen LogP contribution in [0.5, 0.6) is 0 Å². The number of nitrogens with one attached hydrogen (secondary N) is 2. The van der Waals surface area contributed by atoms with Gasteiger partial charge in [-0.2, -0.15) is 0 Å². The van der Waals surface area contributed by atoms with E-state index in [0.717, 1.165) is 25.9 Å². The first-order chi connectivity index (χ1) is 8.17. The Morgan fingerprint density at radius 3 is 2.71 bits per heavy atom. The lowest BCUT2D eigenvalue weighted by Gasteiger charge is -2.45. The molecule has 4 nitrogen and oxygen atoms in total. The summed E-state index contributed by atoms with van der Waals surface area (Å²) in [5, 5.41) is 6.63. The predicted molar refractivity (Wildman–Crippen MR) is 66.7 cm³/mol. The largest absolute Gasteiger partial charge is 0.350 e. The molecule has 2 atom stereocenters. The number of nitrogens with zero attached hydrogens (tertiary/aromatic N) is 1. The Hall–Kier alpha value is -0.610. The summed E-state index contributed by atoms with van der Waals surface area (Å²) in [7, 11) is 0. The maximum atomic E-state index is 12.3. The summed E-state index contributed by atoms with van der Waals surface area (Å²) in [4.78, 5) is 14.8. The number of hydrogen-bond acceptors (Lipinski definition) is 3. The summed E-state index contributed by atoms with van der Waals surface area (Å²) in [6, 6.07) is 0.393. The van der Waals surface area contributed by atoms with Gasteiger partial charge in [-0.25, -0.2) is 0 Å². The van der Waals surface area contributed by atoms with Crippen LogP contribution in [0.3, 0.4) is 0 Å². The van der Waals surface area contributed by atoms with Crippen LogP contribution in [0.4, 0.5) is 0 Å². The predicted octanol–water partition coefficient (Wildman–Crippen LogP) is 0.339. The Kier molecular flexibility index (Phi) is 2.87. The molecule has 0 saturated carbocycles. The number of amides is 1. The summed E-state index contributed by atoms with van der Waals surface area (Å²) in [5.41, 5.74) is -0.313. The summed E-state index contributed by atoms with van der Waals surface area (Å²) in [6.07, 6.45) is 4.61. The van der Waals surface area contributed by atoms with Crippen molar-refractivity contribution in [1.82, 2.24) is 15.5 Å². The van der Waals surface area contributed by atoms with E-state index in [1.807, 2.05) is 6.92 Å². The number of fused-ring (bicyclic) bond motifs is 3. The molecule has 4 aliphatic heterocycles. The Morgan fingerprint density at radius 1 is 1.41 bits per heavy atom. The topological polar surface area (TPSA) is 44.4 Å². The van der Waals surface area contributed by atoms with E-state index in [0.29, 0.717) is 12.0 Å². The van der Waals surface area contributed by atoms with Crippen molar-refractivity contribution >= 4 is 5.91 Å². The van der Waals surface area contributed by atoms with Gasteiger partial charge in [0.15, 0.2) is 0 Å². The second-order valence-corrected chi connectivity index (χ2v) is 6.08. The molecule has 2 unspecified atom stereocenters. The van der Waals surface area contributed by atoms with Crippen LogP contribution in [-0.2, 0) is 4.79 Å². The van der Waals surface area contributed by atoms with Gasteiger partial charge in [-0.3, -0.25) is 4.79 Å². The van der Waals surface area contributed by atoms with Crippen molar-refractivity contribution in [2.45, 2.75) is 44.2 Å². The second-order valence-electron chi connectivity index (χ2n) is 6.08. The molecule has 0 aromatic rings. The van der Waals surface area contributed by atoms with E-state index in [2.05, 4.69) is 15.5 Å². The molecule has 0 aromatic carbocycles. The van der Waals surface area contributed by atoms with Gasteiger partial charge in [-0.15, -0.1) is 0 Å². The molecule has 4 fully saturated rings. The molecule has 96 valence electrons. The average Bonchev–Trinajstić information content (AvgIpc) is 2.79. The fourth-order valence-electron chi connectivity index (χ4n) is 3.54. The molecule has 4 heterocycles. The van der Waals surface area contributed by atoms with Crippen molar-refractivity contribution < 1.29 is 4.79 Å². The number of piperidine rings is 3. The normalized spacial score (nSPS) is 44.9. The number of carbonyl (C=O) groups excluding carboxylic acids is 1. The van der Waals surface area contributed by atoms with Gasteiger partial charge in [0.1, 0.15) is 0 Å². The van der Waals surface area contributed by atoms with Crippen LogP contribution in [0, 0.1) is 5.92 Å². The number of hydrogen-bond donors (Lipinski definition) is 2. The molecular weight excluding hydrogens is 214 g/mol. The van der Waals surface area contributed by atoms with Gasteiger partial charge in [-0.1, -0.05) is 0 Å². The highest BCUT2D eigenvalue weighted by atomic mass is 16.2. The van der Waals surface area contributed by atoms with Gasteiger partial charge in [0.2, 0.25) is 5.91 Å². The van der Waals surface area contributed by atoms with Crippen LogP contribution in [0.15, 0.2) is 0 Å². The summed E-state index contributed by atoms with van der Waals surface area (Å²) in [5.74, 6) is 0.933. The third-order valence-corrected chi connectivity index (χ3v) is 4.84. The monoisotopic (exact) mass is 237 g/mol. The van der Waals surface area contributed by atoms with Gasteiger partial charge in [0.25, 0.3) is 0 Å². The summed E-state index contributed by atoms with van der Waals surface area (Å²) >= 11 is 0. The minimum Gasteiger partial charge on any atom is -0.350 e. The van der Waals surface area contributed by atoms with Gasteiger partial charge in [-0.05, 0) is 58.2 Å². The van der Waals surface area contributed by atoms with Crippen molar-refractivity contribution in [2.24, 2.45) is 5.92 Å². The van der Waals surface area contributed by atoms with Crippen LogP contribution >= 0.6 is 0 Å². The van der Waals surface area contributed by atoms with E-state index in [-0.39, 0.29) is 11.4 Å². The summed E-state index contributed by atoms with van der Waals surface area (Å²) < 4.78 is 0. The van der Waals surface area contributed by atoms with Gasteiger partial charge in [0, 0.05) is 12.6 Å². The highest BCUT2D eigenvalue weighted by molar-refractivity contribution is 5.86. The lowest BCUT2D eigenvalue weighted by molar-refractivity contribution is -0.128. The molecule has 0 radical (unpaired) electrons. The molecule has 0 aromatic heterocycles. The zero-order chi connectivity index (χ0) is 11.9. The minimum absolute atomic E-state index is 0.216. The van der Waals surface area contributed by atoms with E-state index >= 15 is 0 Å². The fourth-order valence-corrected chi connectivity index (χ4v) is 3.54. The Labute approximate surface area is 103 Å². The lowest BCUT2D eigenvalue weighted by atomic mass is 9.83. The molecule has 4 heteroatoms. The van der Waals surface area contributed by atoms with Crippen LogP contribution in [-0.4, -0.2) is 48.6 Å². The van der Waals surface area contributed by atoms with Gasteiger partial charge in [0.05, 0.1) is 5.54 Å². The maximum absolute atomic E-state index is 12.3. The van der Waals surface area contributed by atoms with E-state index in [9.17, 15) is 4.79 Å². The maximum Gasteiger partial charge on any atom is 0.240 e. The molecule has 2 N–H and O–H groups in total. The Bertz CT molecular complexity index is 304. The highest BCUT2D eigenvalue weighted by Gasteiger charge is 2.40. The molecule has 4 aliphatic rings. The average molecular weight is 237 g/mol. The molecule has 1 amide bonds. The molecule has 17 heavy (non-hydrogen) atoms. The third kappa shape index (κ3) is 2.08. The zero-order valence-electron chi connectivity index (χ0n) is 10.7. The number of carbonyl (C=O) groups is 1. The number of rotatable bonds is 2. The van der Waals surface area contributed by atoms with Crippen LogP contribution in [0.1, 0.15) is 32.6 Å². The smallest absolute Gasteiger partial charge is 0.240 e. The van der Waals surface area contributed by atoms with E-state index in [1.54, 1.807) is 0 Å². The minimum atomic E-state index is -0.313.